The number of anilines is 1. The second-order valence-corrected chi connectivity index (χ2v) is 7.48. The molecule has 0 saturated carbocycles. The van der Waals surface area contributed by atoms with E-state index in [4.69, 9.17) is 13.9 Å². The van der Waals surface area contributed by atoms with E-state index in [1.165, 1.54) is 37.0 Å². The van der Waals surface area contributed by atoms with E-state index in [1.54, 1.807) is 18.2 Å². The van der Waals surface area contributed by atoms with E-state index in [0.717, 1.165) is 6.42 Å². The van der Waals surface area contributed by atoms with E-state index in [9.17, 15) is 13.2 Å². The van der Waals surface area contributed by atoms with Crippen LogP contribution in [0, 0.1) is 0 Å². The Kier molecular flexibility index (Phi) is 5.13. The molecule has 0 aliphatic heterocycles. The van der Waals surface area contributed by atoms with Crippen LogP contribution in [0.15, 0.2) is 50.5 Å². The van der Waals surface area contributed by atoms with E-state index in [-0.39, 0.29) is 16.3 Å². The number of nitrogens with zero attached hydrogens (tertiary/aromatic N) is 1. The number of benzene rings is 2. The number of sulfonamides is 1. The Bertz CT molecular complexity index is 1130. The van der Waals surface area contributed by atoms with Crippen molar-refractivity contribution >= 4 is 26.8 Å². The Hall–Kier alpha value is -2.94. The quantitative estimate of drug-likeness (QED) is 0.664. The average Bonchev–Trinajstić information content (AvgIpc) is 2.96. The summed E-state index contributed by atoms with van der Waals surface area (Å²) in [4.78, 5) is 11.9. The van der Waals surface area contributed by atoms with Gasteiger partial charge in [0.05, 0.1) is 25.4 Å². The summed E-state index contributed by atoms with van der Waals surface area (Å²) < 4.78 is 45.1. The maximum Gasteiger partial charge on any atom is 0.419 e. The number of hydrogen-bond acceptors (Lipinski definition) is 6. The van der Waals surface area contributed by atoms with Crippen molar-refractivity contribution in [2.24, 2.45) is 0 Å². The molecule has 8 nitrogen and oxygen atoms in total. The van der Waals surface area contributed by atoms with Crippen molar-refractivity contribution in [3.05, 3.63) is 46.9 Å². The molecule has 9 heteroatoms. The fourth-order valence-corrected chi connectivity index (χ4v) is 4.00. The van der Waals surface area contributed by atoms with Crippen LogP contribution in [0.2, 0.25) is 0 Å². The number of aryl methyl sites for hydroxylation is 1. The summed E-state index contributed by atoms with van der Waals surface area (Å²) in [5.41, 5.74) is 1.19. The summed E-state index contributed by atoms with van der Waals surface area (Å²) in [5, 5.41) is 0. The molecule has 0 saturated heterocycles. The van der Waals surface area contributed by atoms with Gasteiger partial charge in [-0.3, -0.25) is 9.29 Å². The van der Waals surface area contributed by atoms with Gasteiger partial charge in [0.1, 0.15) is 16.4 Å². The topological polar surface area (TPSA) is 99.8 Å². The van der Waals surface area contributed by atoms with Gasteiger partial charge in [0.15, 0.2) is 5.58 Å². The van der Waals surface area contributed by atoms with Gasteiger partial charge in [-0.1, -0.05) is 6.92 Å². The smallest absolute Gasteiger partial charge is 0.419 e. The lowest BCUT2D eigenvalue weighted by Gasteiger charge is -2.13. The molecule has 1 N–H and O–H groups in total. The standard InChI is InChI=1S/C18H20N2O6S/c1-4-9-20-14-7-5-12(10-16(14)26-18(20)21)19-27(22,23)17-11-13(24-2)6-8-15(17)25-3/h5-8,10-11,19H,4,9H2,1-3H3. The molecule has 2 aromatic carbocycles. The summed E-state index contributed by atoms with van der Waals surface area (Å²) in [7, 11) is -1.12. The van der Waals surface area contributed by atoms with Crippen LogP contribution in [-0.2, 0) is 16.6 Å². The molecule has 0 unspecified atom stereocenters. The molecule has 0 fully saturated rings. The maximum absolute atomic E-state index is 12.8. The van der Waals surface area contributed by atoms with Gasteiger partial charge in [-0.05, 0) is 30.7 Å². The number of aromatic nitrogens is 1. The minimum absolute atomic E-state index is 0.0607. The highest BCUT2D eigenvalue weighted by Crippen LogP contribution is 2.30. The van der Waals surface area contributed by atoms with Gasteiger partial charge in [-0.25, -0.2) is 13.2 Å². The molecule has 1 aromatic heterocycles. The Morgan fingerprint density at radius 1 is 1.11 bits per heavy atom. The van der Waals surface area contributed by atoms with Gasteiger partial charge < -0.3 is 13.9 Å². The minimum Gasteiger partial charge on any atom is -0.497 e. The highest BCUT2D eigenvalue weighted by molar-refractivity contribution is 7.92. The minimum atomic E-state index is -3.95. The molecule has 27 heavy (non-hydrogen) atoms. The molecular formula is C18H20N2O6S. The van der Waals surface area contributed by atoms with E-state index in [1.807, 2.05) is 6.92 Å². The summed E-state index contributed by atoms with van der Waals surface area (Å²) in [6.45, 7) is 2.48. The first-order valence-corrected chi connectivity index (χ1v) is 9.76. The van der Waals surface area contributed by atoms with Crippen molar-refractivity contribution in [1.82, 2.24) is 4.57 Å². The third-order valence-electron chi connectivity index (χ3n) is 4.03. The second kappa shape index (κ2) is 7.36. The zero-order chi connectivity index (χ0) is 19.6. The zero-order valence-electron chi connectivity index (χ0n) is 15.2. The van der Waals surface area contributed by atoms with E-state index >= 15 is 0 Å². The first kappa shape index (κ1) is 18.8. The lowest BCUT2D eigenvalue weighted by atomic mass is 10.3. The summed E-state index contributed by atoms with van der Waals surface area (Å²) in [6, 6.07) is 9.20. The third-order valence-corrected chi connectivity index (χ3v) is 5.43. The molecule has 3 aromatic rings. The van der Waals surface area contributed by atoms with Crippen molar-refractivity contribution in [2.75, 3.05) is 18.9 Å². The molecule has 0 amide bonds. The SMILES string of the molecule is CCCn1c(=O)oc2cc(NS(=O)(=O)c3cc(OC)ccc3OC)ccc21. The van der Waals surface area contributed by atoms with Crippen molar-refractivity contribution < 1.29 is 22.3 Å². The fourth-order valence-electron chi connectivity index (χ4n) is 2.77. The van der Waals surface area contributed by atoms with Crippen LogP contribution < -0.4 is 20.0 Å². The van der Waals surface area contributed by atoms with E-state index < -0.39 is 15.8 Å². The molecule has 0 atom stereocenters. The van der Waals surface area contributed by atoms with Gasteiger partial charge >= 0.3 is 5.76 Å². The molecule has 0 bridgehead atoms. The van der Waals surface area contributed by atoms with Gasteiger partial charge in [-0.2, -0.15) is 0 Å². The van der Waals surface area contributed by atoms with E-state index in [0.29, 0.717) is 23.4 Å². The highest BCUT2D eigenvalue weighted by atomic mass is 32.2. The molecule has 1 heterocycles. The van der Waals surface area contributed by atoms with Crippen LogP contribution in [0.4, 0.5) is 5.69 Å². The number of oxazole rings is 1. The van der Waals surface area contributed by atoms with Crippen molar-refractivity contribution in [2.45, 2.75) is 24.8 Å². The monoisotopic (exact) mass is 392 g/mol. The van der Waals surface area contributed by atoms with Crippen LogP contribution in [0.5, 0.6) is 11.5 Å². The molecule has 0 spiro atoms. The lowest BCUT2D eigenvalue weighted by Crippen LogP contribution is -2.14. The normalized spacial score (nSPS) is 11.5. The number of hydrogen-bond donors (Lipinski definition) is 1. The van der Waals surface area contributed by atoms with Crippen LogP contribution >= 0.6 is 0 Å². The number of fused-ring (bicyclic) bond motifs is 1. The average molecular weight is 392 g/mol. The van der Waals surface area contributed by atoms with Gasteiger partial charge in [0, 0.05) is 18.7 Å². The Morgan fingerprint density at radius 3 is 2.56 bits per heavy atom. The van der Waals surface area contributed by atoms with Crippen molar-refractivity contribution in [1.29, 1.82) is 0 Å². The van der Waals surface area contributed by atoms with Crippen LogP contribution in [0.3, 0.4) is 0 Å². The van der Waals surface area contributed by atoms with Gasteiger partial charge in [0.25, 0.3) is 10.0 Å². The summed E-state index contributed by atoms with van der Waals surface area (Å²) >= 11 is 0. The van der Waals surface area contributed by atoms with Crippen molar-refractivity contribution in [3.8, 4) is 11.5 Å². The molecule has 0 radical (unpaired) electrons. The number of nitrogens with one attached hydrogen (secondary N) is 1. The third kappa shape index (κ3) is 3.63. The zero-order valence-corrected chi connectivity index (χ0v) is 16.0. The van der Waals surface area contributed by atoms with Crippen LogP contribution in [0.1, 0.15) is 13.3 Å². The molecular weight excluding hydrogens is 372 g/mol. The second-order valence-electron chi connectivity index (χ2n) is 5.82. The highest BCUT2D eigenvalue weighted by Gasteiger charge is 2.21. The predicted octanol–water partition coefficient (Wildman–Crippen LogP) is 2.82. The number of methoxy groups -OCH3 is 2. The Labute approximate surface area is 156 Å². The van der Waals surface area contributed by atoms with E-state index in [2.05, 4.69) is 4.72 Å². The molecule has 3 rings (SSSR count). The predicted molar refractivity (Wildman–Crippen MR) is 101 cm³/mol. The Morgan fingerprint density at radius 2 is 1.89 bits per heavy atom. The maximum atomic E-state index is 12.8. The first-order valence-electron chi connectivity index (χ1n) is 8.28. The summed E-state index contributed by atoms with van der Waals surface area (Å²) in [6.07, 6.45) is 0.776. The number of rotatable bonds is 7. The fraction of sp³-hybridized carbons (Fsp3) is 0.278. The van der Waals surface area contributed by atoms with Gasteiger partial charge in [-0.15, -0.1) is 0 Å². The summed E-state index contributed by atoms with van der Waals surface area (Å²) in [5.74, 6) is 0.0978. The Balaban J connectivity index is 2.00. The largest absolute Gasteiger partial charge is 0.497 e. The molecule has 0 aliphatic rings. The molecule has 144 valence electrons. The van der Waals surface area contributed by atoms with Crippen LogP contribution in [0.25, 0.3) is 11.1 Å². The lowest BCUT2D eigenvalue weighted by molar-refractivity contribution is 0.392. The van der Waals surface area contributed by atoms with Gasteiger partial charge in [0.2, 0.25) is 0 Å². The van der Waals surface area contributed by atoms with Crippen molar-refractivity contribution in [3.63, 3.8) is 0 Å². The number of ether oxygens (including phenoxy) is 2. The van der Waals surface area contributed by atoms with Crippen LogP contribution in [-0.4, -0.2) is 27.2 Å². The molecule has 0 aliphatic carbocycles. The first-order chi connectivity index (χ1) is 12.9.